The van der Waals surface area contributed by atoms with Crippen molar-refractivity contribution in [2.75, 3.05) is 24.6 Å². The molecule has 1 fully saturated rings. The molecule has 2 rings (SSSR count). The molecule has 0 spiro atoms. The fourth-order valence-electron chi connectivity index (χ4n) is 2.06. The monoisotopic (exact) mass is 249 g/mol. The Kier molecular flexibility index (Phi) is 3.43. The Balaban J connectivity index is 2.14. The highest BCUT2D eigenvalue weighted by atomic mass is 16.3. The van der Waals surface area contributed by atoms with Crippen LogP contribution in [0, 0.1) is 0 Å². The molecule has 1 aromatic carbocycles. The van der Waals surface area contributed by atoms with Crippen LogP contribution in [0.25, 0.3) is 0 Å². The van der Waals surface area contributed by atoms with Crippen LogP contribution in [0.15, 0.2) is 18.2 Å². The maximum absolute atomic E-state index is 11.7. The summed E-state index contributed by atoms with van der Waals surface area (Å²) in [6.45, 7) is 0.445. The number of nitrogens with one attached hydrogen (secondary N) is 2. The third kappa shape index (κ3) is 2.56. The largest absolute Gasteiger partial charge is 0.399 e. The molecule has 0 aliphatic heterocycles. The first-order valence-electron chi connectivity index (χ1n) is 6.12. The van der Waals surface area contributed by atoms with Gasteiger partial charge in [-0.1, -0.05) is 0 Å². The van der Waals surface area contributed by atoms with Crippen LogP contribution < -0.4 is 16.4 Å². The van der Waals surface area contributed by atoms with E-state index >= 15 is 0 Å². The van der Waals surface area contributed by atoms with Crippen LogP contribution >= 0.6 is 0 Å². The molecule has 1 aliphatic rings. The van der Waals surface area contributed by atoms with Gasteiger partial charge in [0, 0.05) is 25.0 Å². The number of carbonyl (C=O) groups excluding carboxylic acids is 1. The summed E-state index contributed by atoms with van der Waals surface area (Å²) in [6.07, 6.45) is 2.66. The first-order valence-corrected chi connectivity index (χ1v) is 6.12. The molecule has 0 unspecified atom stereocenters. The number of amides is 1. The number of nitrogens with two attached hydrogens (primary N) is 1. The van der Waals surface area contributed by atoms with E-state index in [-0.39, 0.29) is 5.91 Å². The minimum atomic E-state index is -0.634. The summed E-state index contributed by atoms with van der Waals surface area (Å²) in [4.78, 5) is 11.7. The van der Waals surface area contributed by atoms with Gasteiger partial charge >= 0.3 is 0 Å². The number of nitrogen functional groups attached to an aromatic ring is 1. The van der Waals surface area contributed by atoms with E-state index in [1.54, 1.807) is 25.2 Å². The molecule has 0 heterocycles. The summed E-state index contributed by atoms with van der Waals surface area (Å²) in [6, 6.07) is 5.09. The van der Waals surface area contributed by atoms with E-state index in [1.807, 2.05) is 0 Å². The average Bonchev–Trinajstić information content (AvgIpc) is 2.33. The van der Waals surface area contributed by atoms with Gasteiger partial charge in [0.15, 0.2) is 0 Å². The SMILES string of the molecule is CNC(=O)c1ccc(N)cc1NCC1(O)CCC1. The summed E-state index contributed by atoms with van der Waals surface area (Å²) in [5.41, 5.74) is 6.87. The molecular formula is C13H19N3O2. The van der Waals surface area contributed by atoms with Crippen molar-refractivity contribution >= 4 is 17.3 Å². The van der Waals surface area contributed by atoms with Gasteiger partial charge < -0.3 is 21.5 Å². The standard InChI is InChI=1S/C13H19N3O2/c1-15-12(17)10-4-3-9(14)7-11(10)16-8-13(18)5-2-6-13/h3-4,7,16,18H,2,5-6,8,14H2,1H3,(H,15,17). The molecule has 0 radical (unpaired) electrons. The fraction of sp³-hybridized carbons (Fsp3) is 0.462. The van der Waals surface area contributed by atoms with Crippen LogP contribution in [0.2, 0.25) is 0 Å². The molecule has 0 saturated heterocycles. The van der Waals surface area contributed by atoms with E-state index in [0.29, 0.717) is 23.5 Å². The zero-order chi connectivity index (χ0) is 13.2. The first-order chi connectivity index (χ1) is 8.54. The summed E-state index contributed by atoms with van der Waals surface area (Å²) in [5.74, 6) is -0.168. The van der Waals surface area contributed by atoms with Gasteiger partial charge in [0.1, 0.15) is 0 Å². The number of rotatable bonds is 4. The number of carbonyl (C=O) groups is 1. The summed E-state index contributed by atoms with van der Waals surface area (Å²) >= 11 is 0. The van der Waals surface area contributed by atoms with E-state index in [1.165, 1.54) is 0 Å². The highest BCUT2D eigenvalue weighted by Gasteiger charge is 2.34. The van der Waals surface area contributed by atoms with Gasteiger partial charge in [0.05, 0.1) is 11.2 Å². The quantitative estimate of drug-likeness (QED) is 0.598. The van der Waals surface area contributed by atoms with E-state index in [2.05, 4.69) is 10.6 Å². The maximum Gasteiger partial charge on any atom is 0.253 e. The first kappa shape index (κ1) is 12.7. The van der Waals surface area contributed by atoms with Crippen molar-refractivity contribution in [1.82, 2.24) is 5.32 Å². The molecule has 1 saturated carbocycles. The highest BCUT2D eigenvalue weighted by Crippen LogP contribution is 2.32. The van der Waals surface area contributed by atoms with Gasteiger partial charge in [-0.05, 0) is 37.5 Å². The molecule has 98 valence electrons. The van der Waals surface area contributed by atoms with Gasteiger partial charge in [-0.2, -0.15) is 0 Å². The molecule has 5 N–H and O–H groups in total. The third-order valence-electron chi connectivity index (χ3n) is 3.41. The fourth-order valence-corrected chi connectivity index (χ4v) is 2.06. The number of benzene rings is 1. The van der Waals surface area contributed by atoms with Crippen molar-refractivity contribution in [2.24, 2.45) is 0 Å². The Morgan fingerprint density at radius 3 is 2.78 bits per heavy atom. The van der Waals surface area contributed by atoms with E-state index in [9.17, 15) is 9.90 Å². The minimum absolute atomic E-state index is 0.168. The van der Waals surface area contributed by atoms with Gasteiger partial charge in [0.25, 0.3) is 5.91 Å². The average molecular weight is 249 g/mol. The van der Waals surface area contributed by atoms with Crippen LogP contribution in [0.3, 0.4) is 0 Å². The second kappa shape index (κ2) is 4.86. The molecule has 0 aromatic heterocycles. The van der Waals surface area contributed by atoms with Crippen LogP contribution in [-0.2, 0) is 0 Å². The molecule has 1 aromatic rings. The van der Waals surface area contributed by atoms with Gasteiger partial charge in [-0.25, -0.2) is 0 Å². The number of aliphatic hydroxyl groups is 1. The Hall–Kier alpha value is -1.75. The van der Waals surface area contributed by atoms with Crippen LogP contribution in [0.4, 0.5) is 11.4 Å². The second-order valence-corrected chi connectivity index (χ2v) is 4.82. The van der Waals surface area contributed by atoms with Crippen molar-refractivity contribution < 1.29 is 9.90 Å². The van der Waals surface area contributed by atoms with Gasteiger partial charge in [-0.15, -0.1) is 0 Å². The maximum atomic E-state index is 11.7. The van der Waals surface area contributed by atoms with Crippen molar-refractivity contribution in [2.45, 2.75) is 24.9 Å². The zero-order valence-electron chi connectivity index (χ0n) is 10.5. The third-order valence-corrected chi connectivity index (χ3v) is 3.41. The van der Waals surface area contributed by atoms with Crippen LogP contribution in [0.5, 0.6) is 0 Å². The number of hydrogen-bond donors (Lipinski definition) is 4. The molecule has 0 bridgehead atoms. The van der Waals surface area contributed by atoms with Crippen molar-refractivity contribution in [3.05, 3.63) is 23.8 Å². The Bertz CT molecular complexity index is 456. The highest BCUT2D eigenvalue weighted by molar-refractivity contribution is 6.00. The van der Waals surface area contributed by atoms with Gasteiger partial charge in [-0.3, -0.25) is 4.79 Å². The van der Waals surface area contributed by atoms with Crippen molar-refractivity contribution in [1.29, 1.82) is 0 Å². The second-order valence-electron chi connectivity index (χ2n) is 4.82. The molecular weight excluding hydrogens is 230 g/mol. The predicted octanol–water partition coefficient (Wildman–Crippen LogP) is 0.955. The molecule has 1 amide bonds. The summed E-state index contributed by atoms with van der Waals surface area (Å²) in [7, 11) is 1.59. The lowest BCUT2D eigenvalue weighted by Crippen LogP contribution is -2.43. The zero-order valence-corrected chi connectivity index (χ0v) is 10.5. The lowest BCUT2D eigenvalue weighted by molar-refractivity contribution is -0.0202. The predicted molar refractivity (Wildman–Crippen MR) is 71.5 cm³/mol. The minimum Gasteiger partial charge on any atom is -0.399 e. The number of anilines is 2. The van der Waals surface area contributed by atoms with Crippen molar-refractivity contribution in [3.8, 4) is 0 Å². The molecule has 18 heavy (non-hydrogen) atoms. The lowest BCUT2D eigenvalue weighted by Gasteiger charge is -2.37. The molecule has 0 atom stereocenters. The topological polar surface area (TPSA) is 87.4 Å². The Labute approximate surface area is 106 Å². The van der Waals surface area contributed by atoms with Crippen LogP contribution in [-0.4, -0.2) is 30.2 Å². The number of hydrogen-bond acceptors (Lipinski definition) is 4. The normalized spacial score (nSPS) is 16.8. The van der Waals surface area contributed by atoms with Crippen molar-refractivity contribution in [3.63, 3.8) is 0 Å². The van der Waals surface area contributed by atoms with Gasteiger partial charge in [0.2, 0.25) is 0 Å². The summed E-state index contributed by atoms with van der Waals surface area (Å²) < 4.78 is 0. The van der Waals surface area contributed by atoms with E-state index < -0.39 is 5.60 Å². The molecule has 1 aliphatic carbocycles. The molecule has 5 heteroatoms. The smallest absolute Gasteiger partial charge is 0.253 e. The summed E-state index contributed by atoms with van der Waals surface area (Å²) in [5, 5.41) is 15.7. The lowest BCUT2D eigenvalue weighted by atomic mass is 9.80. The molecule has 5 nitrogen and oxygen atoms in total. The van der Waals surface area contributed by atoms with Crippen LogP contribution in [0.1, 0.15) is 29.6 Å². The van der Waals surface area contributed by atoms with E-state index in [0.717, 1.165) is 19.3 Å². The Morgan fingerprint density at radius 1 is 1.50 bits per heavy atom. The van der Waals surface area contributed by atoms with E-state index in [4.69, 9.17) is 5.73 Å². The Morgan fingerprint density at radius 2 is 2.22 bits per heavy atom.